The third-order valence-electron chi connectivity index (χ3n) is 1.68. The van der Waals surface area contributed by atoms with Gasteiger partial charge in [-0.15, -0.1) is 23.1 Å². The Morgan fingerprint density at radius 1 is 1.67 bits per heavy atom. The second-order valence-electron chi connectivity index (χ2n) is 2.47. The Kier molecular flexibility index (Phi) is 2.32. The minimum absolute atomic E-state index is 0.127. The van der Waals surface area contributed by atoms with E-state index in [0.717, 1.165) is 23.1 Å². The Labute approximate surface area is 78.8 Å². The van der Waals surface area contributed by atoms with Crippen LogP contribution in [-0.2, 0) is 0 Å². The lowest BCUT2D eigenvalue weighted by Crippen LogP contribution is -2.26. The predicted octanol–water partition coefficient (Wildman–Crippen LogP) is 1.29. The van der Waals surface area contributed by atoms with Gasteiger partial charge in [0.15, 0.2) is 0 Å². The van der Waals surface area contributed by atoms with Crippen molar-refractivity contribution in [2.45, 2.75) is 0 Å². The van der Waals surface area contributed by atoms with Gasteiger partial charge in [0.05, 0.1) is 17.6 Å². The van der Waals surface area contributed by atoms with Crippen LogP contribution in [0.2, 0.25) is 0 Å². The molecule has 0 aliphatic carbocycles. The number of nitrogens with zero attached hydrogens (tertiary/aromatic N) is 2. The summed E-state index contributed by atoms with van der Waals surface area (Å²) in [5.41, 5.74) is 1.69. The highest BCUT2D eigenvalue weighted by Gasteiger charge is 2.20. The molecule has 1 aromatic rings. The number of hydrogen-bond donors (Lipinski definition) is 0. The van der Waals surface area contributed by atoms with Crippen molar-refractivity contribution in [2.24, 2.45) is 0 Å². The van der Waals surface area contributed by atoms with Crippen LogP contribution in [0.15, 0.2) is 11.7 Å². The maximum atomic E-state index is 11.6. The van der Waals surface area contributed by atoms with E-state index in [1.54, 1.807) is 23.5 Å². The molecular weight excluding hydrogens is 192 g/mol. The molecule has 2 rings (SSSR count). The van der Waals surface area contributed by atoms with Crippen LogP contribution in [0.25, 0.3) is 0 Å². The molecule has 1 fully saturated rings. The van der Waals surface area contributed by atoms with E-state index in [1.165, 1.54) is 11.3 Å². The zero-order valence-corrected chi connectivity index (χ0v) is 8.03. The van der Waals surface area contributed by atoms with E-state index in [2.05, 4.69) is 4.98 Å². The summed E-state index contributed by atoms with van der Waals surface area (Å²) in [5, 5.41) is 0. The molecule has 0 N–H and O–H groups in total. The predicted molar refractivity (Wildman–Crippen MR) is 50.5 cm³/mol. The fourth-order valence-corrected chi connectivity index (χ4v) is 2.58. The SMILES string of the molecule is O=C(c1cncs1)N1CCSC1. The zero-order chi connectivity index (χ0) is 8.39. The van der Waals surface area contributed by atoms with Gasteiger partial charge in [-0.1, -0.05) is 0 Å². The number of carbonyl (C=O) groups is 1. The van der Waals surface area contributed by atoms with Crippen LogP contribution in [0.3, 0.4) is 0 Å². The second kappa shape index (κ2) is 3.45. The quantitative estimate of drug-likeness (QED) is 0.685. The topological polar surface area (TPSA) is 33.2 Å². The van der Waals surface area contributed by atoms with Crippen LogP contribution >= 0.6 is 23.1 Å². The number of aromatic nitrogens is 1. The lowest BCUT2D eigenvalue weighted by atomic mass is 10.4. The van der Waals surface area contributed by atoms with Gasteiger partial charge in [0.25, 0.3) is 5.91 Å². The molecule has 0 atom stereocenters. The van der Waals surface area contributed by atoms with Crippen LogP contribution in [0, 0.1) is 0 Å². The molecule has 0 bridgehead atoms. The number of thiazole rings is 1. The van der Waals surface area contributed by atoms with Crippen LogP contribution in [-0.4, -0.2) is 34.0 Å². The third kappa shape index (κ3) is 1.47. The minimum Gasteiger partial charge on any atom is -0.328 e. The number of carbonyl (C=O) groups excluding carboxylic acids is 1. The van der Waals surface area contributed by atoms with Crippen molar-refractivity contribution in [3.63, 3.8) is 0 Å². The van der Waals surface area contributed by atoms with Crippen LogP contribution in [0.4, 0.5) is 0 Å². The molecule has 0 radical (unpaired) electrons. The first-order valence-corrected chi connectivity index (χ1v) is 5.67. The van der Waals surface area contributed by atoms with Crippen molar-refractivity contribution in [3.8, 4) is 0 Å². The fraction of sp³-hybridized carbons (Fsp3) is 0.429. The summed E-state index contributed by atoms with van der Waals surface area (Å²) in [4.78, 5) is 18.1. The Bertz CT molecular complexity index is 267. The second-order valence-corrected chi connectivity index (χ2v) is 4.43. The van der Waals surface area contributed by atoms with Gasteiger partial charge in [-0.2, -0.15) is 0 Å². The first-order valence-electron chi connectivity index (χ1n) is 3.63. The van der Waals surface area contributed by atoms with Gasteiger partial charge in [-0.05, 0) is 0 Å². The summed E-state index contributed by atoms with van der Waals surface area (Å²) in [6, 6.07) is 0. The van der Waals surface area contributed by atoms with Crippen molar-refractivity contribution in [2.75, 3.05) is 18.2 Å². The maximum Gasteiger partial charge on any atom is 0.266 e. The summed E-state index contributed by atoms with van der Waals surface area (Å²) in [5.74, 6) is 2.02. The van der Waals surface area contributed by atoms with Crippen LogP contribution < -0.4 is 0 Å². The van der Waals surface area contributed by atoms with E-state index in [1.807, 2.05) is 4.90 Å². The standard InChI is InChI=1S/C7H8N2OS2/c10-7(6-3-8-4-12-6)9-1-2-11-5-9/h3-4H,1-2,5H2. The molecule has 1 amide bonds. The van der Waals surface area contributed by atoms with Gasteiger partial charge in [0.1, 0.15) is 4.88 Å². The number of thioether (sulfide) groups is 1. The summed E-state index contributed by atoms with van der Waals surface area (Å²) < 4.78 is 0. The first kappa shape index (κ1) is 8.07. The van der Waals surface area contributed by atoms with Crippen molar-refractivity contribution in [1.82, 2.24) is 9.88 Å². The number of rotatable bonds is 1. The Balaban J connectivity index is 2.09. The van der Waals surface area contributed by atoms with Gasteiger partial charge in [-0.25, -0.2) is 0 Å². The summed E-state index contributed by atoms with van der Waals surface area (Å²) in [7, 11) is 0. The maximum absolute atomic E-state index is 11.6. The van der Waals surface area contributed by atoms with E-state index in [-0.39, 0.29) is 5.91 Å². The molecule has 3 nitrogen and oxygen atoms in total. The molecule has 5 heteroatoms. The Hall–Kier alpha value is -0.550. The lowest BCUT2D eigenvalue weighted by Gasteiger charge is -2.11. The first-order chi connectivity index (χ1) is 5.88. The monoisotopic (exact) mass is 200 g/mol. The Morgan fingerprint density at radius 3 is 3.17 bits per heavy atom. The third-order valence-corrected chi connectivity index (χ3v) is 3.41. The van der Waals surface area contributed by atoms with E-state index in [0.29, 0.717) is 0 Å². The van der Waals surface area contributed by atoms with Crippen molar-refractivity contribution in [1.29, 1.82) is 0 Å². The highest BCUT2D eigenvalue weighted by molar-refractivity contribution is 7.99. The average molecular weight is 200 g/mol. The zero-order valence-electron chi connectivity index (χ0n) is 6.40. The molecule has 2 heterocycles. The molecule has 1 aliphatic heterocycles. The molecule has 1 aromatic heterocycles. The molecule has 64 valence electrons. The van der Waals surface area contributed by atoms with E-state index < -0.39 is 0 Å². The summed E-state index contributed by atoms with van der Waals surface area (Å²) in [6.07, 6.45) is 1.63. The fourth-order valence-electron chi connectivity index (χ4n) is 1.05. The smallest absolute Gasteiger partial charge is 0.266 e. The molecular formula is C7H8N2OS2. The molecule has 12 heavy (non-hydrogen) atoms. The van der Waals surface area contributed by atoms with Crippen molar-refractivity contribution in [3.05, 3.63) is 16.6 Å². The average Bonchev–Trinajstić information content (AvgIpc) is 2.77. The molecule has 0 aromatic carbocycles. The summed E-state index contributed by atoms with van der Waals surface area (Å²) >= 11 is 3.20. The van der Waals surface area contributed by atoms with Gasteiger partial charge in [0.2, 0.25) is 0 Å². The highest BCUT2D eigenvalue weighted by atomic mass is 32.2. The van der Waals surface area contributed by atoms with E-state index in [9.17, 15) is 4.79 Å². The molecule has 1 saturated heterocycles. The van der Waals surface area contributed by atoms with Crippen molar-refractivity contribution < 1.29 is 4.79 Å². The van der Waals surface area contributed by atoms with Gasteiger partial charge in [-0.3, -0.25) is 9.78 Å². The van der Waals surface area contributed by atoms with Gasteiger partial charge < -0.3 is 4.90 Å². The van der Waals surface area contributed by atoms with Crippen LogP contribution in [0.5, 0.6) is 0 Å². The normalized spacial score (nSPS) is 16.8. The summed E-state index contributed by atoms with van der Waals surface area (Å²) in [6.45, 7) is 0.876. The van der Waals surface area contributed by atoms with Gasteiger partial charge in [0, 0.05) is 12.3 Å². The van der Waals surface area contributed by atoms with Crippen molar-refractivity contribution >= 4 is 29.0 Å². The van der Waals surface area contributed by atoms with E-state index >= 15 is 0 Å². The Morgan fingerprint density at radius 2 is 2.58 bits per heavy atom. The minimum atomic E-state index is 0.127. The van der Waals surface area contributed by atoms with E-state index in [4.69, 9.17) is 0 Å². The molecule has 0 saturated carbocycles. The number of hydrogen-bond acceptors (Lipinski definition) is 4. The lowest BCUT2D eigenvalue weighted by molar-refractivity contribution is 0.0807. The van der Waals surface area contributed by atoms with Crippen LogP contribution in [0.1, 0.15) is 9.67 Å². The molecule has 0 spiro atoms. The molecule has 1 aliphatic rings. The largest absolute Gasteiger partial charge is 0.328 e. The molecule has 0 unspecified atom stereocenters. The highest BCUT2D eigenvalue weighted by Crippen LogP contribution is 2.17. The number of amides is 1. The van der Waals surface area contributed by atoms with Gasteiger partial charge >= 0.3 is 0 Å².